The smallest absolute Gasteiger partial charge is 0.216 e. The van der Waals surface area contributed by atoms with Gasteiger partial charge in [-0.15, -0.1) is 12.4 Å². The number of hydrogen-bond donors (Lipinski definition) is 1. The van der Waals surface area contributed by atoms with Crippen LogP contribution in [0.3, 0.4) is 0 Å². The van der Waals surface area contributed by atoms with Crippen molar-refractivity contribution in [3.8, 4) is 0 Å². The lowest BCUT2D eigenvalue weighted by atomic mass is 10.1. The van der Waals surface area contributed by atoms with E-state index in [4.69, 9.17) is 4.74 Å². The average Bonchev–Trinajstić information content (AvgIpc) is 2.30. The number of nitrogens with zero attached hydrogens (tertiary/aromatic N) is 1. The van der Waals surface area contributed by atoms with Gasteiger partial charge in [0, 0.05) is 32.3 Å². The fourth-order valence-electron chi connectivity index (χ4n) is 2.43. The third-order valence-electron chi connectivity index (χ3n) is 3.40. The van der Waals surface area contributed by atoms with E-state index in [2.05, 4.69) is 5.32 Å². The van der Waals surface area contributed by atoms with Gasteiger partial charge >= 0.3 is 0 Å². The van der Waals surface area contributed by atoms with Crippen LogP contribution in [0.4, 0.5) is 0 Å². The largest absolute Gasteiger partial charge is 0.377 e. The third kappa shape index (κ3) is 4.35. The summed E-state index contributed by atoms with van der Waals surface area (Å²) in [6.45, 7) is 4.62. The van der Waals surface area contributed by atoms with Crippen LogP contribution < -0.4 is 5.32 Å². The van der Waals surface area contributed by atoms with Crippen LogP contribution in [0.2, 0.25) is 0 Å². The second kappa shape index (κ2) is 7.05. The summed E-state index contributed by atoms with van der Waals surface area (Å²) in [5.74, 6) is 0.153. The van der Waals surface area contributed by atoms with Crippen LogP contribution in [0.15, 0.2) is 0 Å². The van der Waals surface area contributed by atoms with E-state index in [9.17, 15) is 8.42 Å². The Morgan fingerprint density at radius 2 is 2.17 bits per heavy atom. The summed E-state index contributed by atoms with van der Waals surface area (Å²) in [5, 5.41) is 3.25. The first-order chi connectivity index (χ1) is 8.08. The van der Waals surface area contributed by atoms with E-state index >= 15 is 0 Å². The summed E-state index contributed by atoms with van der Waals surface area (Å²) >= 11 is 0. The maximum Gasteiger partial charge on any atom is 0.216 e. The fourth-order valence-corrected chi connectivity index (χ4v) is 4.19. The van der Waals surface area contributed by atoms with E-state index < -0.39 is 10.0 Å². The molecule has 2 saturated heterocycles. The highest BCUT2D eigenvalue weighted by atomic mass is 35.5. The molecule has 2 fully saturated rings. The quantitative estimate of drug-likeness (QED) is 0.829. The molecule has 5 nitrogen and oxygen atoms in total. The zero-order chi connectivity index (χ0) is 12.3. The Labute approximate surface area is 116 Å². The molecule has 0 aromatic carbocycles. The predicted octanol–water partition coefficient (Wildman–Crippen LogP) is 0.601. The number of halogens is 1. The number of hydrogen-bond acceptors (Lipinski definition) is 4. The molecule has 2 heterocycles. The molecule has 0 bridgehead atoms. The normalized spacial score (nSPS) is 30.7. The van der Waals surface area contributed by atoms with Crippen molar-refractivity contribution >= 4 is 22.4 Å². The van der Waals surface area contributed by atoms with Crippen molar-refractivity contribution in [2.45, 2.75) is 38.3 Å². The summed E-state index contributed by atoms with van der Waals surface area (Å²) in [6, 6.07) is 0.241. The summed E-state index contributed by atoms with van der Waals surface area (Å²) < 4.78 is 31.5. The molecule has 1 N–H and O–H groups in total. The van der Waals surface area contributed by atoms with E-state index in [0.717, 1.165) is 25.8 Å². The van der Waals surface area contributed by atoms with E-state index in [1.54, 1.807) is 4.31 Å². The summed E-state index contributed by atoms with van der Waals surface area (Å²) in [6.07, 6.45) is 2.92. The minimum absolute atomic E-state index is 0. The molecular weight excluding hydrogens is 276 g/mol. The minimum Gasteiger partial charge on any atom is -0.377 e. The highest BCUT2D eigenvalue weighted by Crippen LogP contribution is 2.17. The van der Waals surface area contributed by atoms with Gasteiger partial charge in [-0.3, -0.25) is 0 Å². The lowest BCUT2D eigenvalue weighted by Gasteiger charge is -2.32. The second-order valence-electron chi connectivity index (χ2n) is 4.98. The molecule has 0 aromatic rings. The van der Waals surface area contributed by atoms with Crippen molar-refractivity contribution in [3.05, 3.63) is 0 Å². The Morgan fingerprint density at radius 3 is 2.78 bits per heavy atom. The molecule has 0 saturated carbocycles. The molecule has 18 heavy (non-hydrogen) atoms. The lowest BCUT2D eigenvalue weighted by Crippen LogP contribution is -2.52. The van der Waals surface area contributed by atoms with Crippen LogP contribution in [0.25, 0.3) is 0 Å². The van der Waals surface area contributed by atoms with Crippen molar-refractivity contribution in [1.29, 1.82) is 0 Å². The van der Waals surface area contributed by atoms with E-state index in [1.165, 1.54) is 0 Å². The Balaban J connectivity index is 0.00000162. The highest BCUT2D eigenvalue weighted by Gasteiger charge is 2.30. The van der Waals surface area contributed by atoms with Gasteiger partial charge < -0.3 is 10.1 Å². The molecule has 0 spiro atoms. The number of piperazine rings is 1. The molecule has 2 unspecified atom stereocenters. The highest BCUT2D eigenvalue weighted by molar-refractivity contribution is 7.89. The van der Waals surface area contributed by atoms with Crippen LogP contribution in [0.5, 0.6) is 0 Å². The second-order valence-corrected chi connectivity index (χ2v) is 6.99. The van der Waals surface area contributed by atoms with Crippen LogP contribution in [-0.4, -0.2) is 56.9 Å². The van der Waals surface area contributed by atoms with Crippen LogP contribution in [0, 0.1) is 0 Å². The zero-order valence-corrected chi connectivity index (χ0v) is 12.4. The van der Waals surface area contributed by atoms with Gasteiger partial charge in [0.1, 0.15) is 0 Å². The van der Waals surface area contributed by atoms with Crippen LogP contribution in [-0.2, 0) is 14.8 Å². The maximum absolute atomic E-state index is 12.2. The van der Waals surface area contributed by atoms with Crippen molar-refractivity contribution < 1.29 is 13.2 Å². The zero-order valence-electron chi connectivity index (χ0n) is 10.8. The summed E-state index contributed by atoms with van der Waals surface area (Å²) in [5.41, 5.74) is 0. The van der Waals surface area contributed by atoms with Crippen LogP contribution in [0.1, 0.15) is 26.2 Å². The van der Waals surface area contributed by atoms with E-state index in [1.807, 2.05) is 6.92 Å². The van der Waals surface area contributed by atoms with Gasteiger partial charge in [-0.05, 0) is 26.2 Å². The monoisotopic (exact) mass is 298 g/mol. The topological polar surface area (TPSA) is 58.6 Å². The molecule has 0 amide bonds. The first-order valence-corrected chi connectivity index (χ1v) is 8.01. The number of ether oxygens (including phenoxy) is 1. The van der Waals surface area contributed by atoms with E-state index in [-0.39, 0.29) is 30.3 Å². The van der Waals surface area contributed by atoms with Gasteiger partial charge in [0.05, 0.1) is 11.9 Å². The Kier molecular flexibility index (Phi) is 6.34. The SMILES string of the molecule is CC1CN(S(=O)(=O)CC2CCCCO2)CCN1.Cl. The molecule has 108 valence electrons. The average molecular weight is 299 g/mol. The molecule has 0 aliphatic carbocycles. The van der Waals surface area contributed by atoms with E-state index in [0.29, 0.717) is 19.7 Å². The summed E-state index contributed by atoms with van der Waals surface area (Å²) in [4.78, 5) is 0. The first-order valence-electron chi connectivity index (χ1n) is 6.41. The third-order valence-corrected chi connectivity index (χ3v) is 5.31. The van der Waals surface area contributed by atoms with Crippen molar-refractivity contribution in [2.75, 3.05) is 32.0 Å². The van der Waals surface area contributed by atoms with Gasteiger partial charge in [-0.2, -0.15) is 4.31 Å². The molecule has 2 atom stereocenters. The van der Waals surface area contributed by atoms with Gasteiger partial charge in [0.2, 0.25) is 10.0 Å². The Bertz CT molecular complexity index is 344. The maximum atomic E-state index is 12.2. The van der Waals surface area contributed by atoms with Gasteiger partial charge in [0.25, 0.3) is 0 Å². The van der Waals surface area contributed by atoms with Gasteiger partial charge in [0.15, 0.2) is 0 Å². The molecule has 2 rings (SSSR count). The summed E-state index contributed by atoms with van der Waals surface area (Å²) in [7, 11) is -3.15. The predicted molar refractivity (Wildman–Crippen MR) is 73.7 cm³/mol. The standard InChI is InChI=1S/C11H22N2O3S.ClH/c1-10-8-13(6-5-12-10)17(14,15)9-11-4-2-3-7-16-11;/h10-12H,2-9H2,1H3;1H. The molecule has 0 radical (unpaired) electrons. The van der Waals surface area contributed by atoms with Crippen molar-refractivity contribution in [2.24, 2.45) is 0 Å². The Hall–Kier alpha value is 0.120. The van der Waals surface area contributed by atoms with Crippen molar-refractivity contribution in [1.82, 2.24) is 9.62 Å². The molecular formula is C11H23ClN2O3S. The van der Waals surface area contributed by atoms with Crippen molar-refractivity contribution in [3.63, 3.8) is 0 Å². The fraction of sp³-hybridized carbons (Fsp3) is 1.00. The minimum atomic E-state index is -3.15. The lowest BCUT2D eigenvalue weighted by molar-refractivity contribution is 0.0298. The number of nitrogens with one attached hydrogen (secondary N) is 1. The van der Waals surface area contributed by atoms with Gasteiger partial charge in [-0.1, -0.05) is 0 Å². The molecule has 7 heteroatoms. The van der Waals surface area contributed by atoms with Crippen LogP contribution >= 0.6 is 12.4 Å². The molecule has 0 aromatic heterocycles. The van der Waals surface area contributed by atoms with Gasteiger partial charge in [-0.25, -0.2) is 8.42 Å². The molecule has 2 aliphatic heterocycles. The Morgan fingerprint density at radius 1 is 1.39 bits per heavy atom. The first kappa shape index (κ1) is 16.2. The number of rotatable bonds is 3. The molecule has 2 aliphatic rings. The number of sulfonamides is 1.